The van der Waals surface area contributed by atoms with Crippen molar-refractivity contribution in [1.82, 2.24) is 4.98 Å². The van der Waals surface area contributed by atoms with E-state index >= 15 is 0 Å². The fourth-order valence-electron chi connectivity index (χ4n) is 0.613. The first kappa shape index (κ1) is 10.0. The SMILES string of the molecule is Fc1nc(I)c(C(F)F)cc1Cl. The molecule has 1 aromatic heterocycles. The maximum Gasteiger partial charge on any atom is 0.266 e. The Bertz CT molecular complexity index is 305. The Kier molecular flexibility index (Phi) is 3.16. The standard InChI is InChI=1S/C6H2ClF3IN/c7-3-1-2(4(8)9)6(11)12-5(3)10/h1,4H. The van der Waals surface area contributed by atoms with Crippen molar-refractivity contribution < 1.29 is 13.2 Å². The van der Waals surface area contributed by atoms with E-state index < -0.39 is 12.4 Å². The first-order valence-corrected chi connectivity index (χ1v) is 4.27. The molecule has 0 aliphatic carbocycles. The molecule has 1 aromatic rings. The Morgan fingerprint density at radius 1 is 1.50 bits per heavy atom. The van der Waals surface area contributed by atoms with Crippen LogP contribution in [-0.2, 0) is 0 Å². The van der Waals surface area contributed by atoms with Gasteiger partial charge in [0.1, 0.15) is 3.70 Å². The summed E-state index contributed by atoms with van der Waals surface area (Å²) in [5.41, 5.74) is -0.345. The van der Waals surface area contributed by atoms with Crippen LogP contribution < -0.4 is 0 Å². The maximum atomic E-state index is 12.5. The fourth-order valence-corrected chi connectivity index (χ4v) is 1.38. The van der Waals surface area contributed by atoms with E-state index in [1.54, 1.807) is 0 Å². The fraction of sp³-hybridized carbons (Fsp3) is 0.167. The molecule has 0 amide bonds. The van der Waals surface area contributed by atoms with E-state index in [4.69, 9.17) is 11.6 Å². The predicted octanol–water partition coefficient (Wildman–Crippen LogP) is 3.42. The van der Waals surface area contributed by atoms with Crippen LogP contribution in [0.15, 0.2) is 6.07 Å². The molecule has 0 fully saturated rings. The number of halogens is 5. The summed E-state index contributed by atoms with van der Waals surface area (Å²) < 4.78 is 36.7. The molecule has 0 aliphatic rings. The average molecular weight is 307 g/mol. The van der Waals surface area contributed by atoms with E-state index in [1.165, 1.54) is 22.6 Å². The Hall–Kier alpha value is -0.0400. The highest BCUT2D eigenvalue weighted by Crippen LogP contribution is 2.26. The van der Waals surface area contributed by atoms with Crippen LogP contribution >= 0.6 is 34.2 Å². The summed E-state index contributed by atoms with van der Waals surface area (Å²) in [4.78, 5) is 3.20. The van der Waals surface area contributed by atoms with Crippen molar-refractivity contribution in [2.75, 3.05) is 0 Å². The minimum Gasteiger partial charge on any atom is -0.212 e. The normalized spacial score (nSPS) is 10.8. The van der Waals surface area contributed by atoms with Crippen molar-refractivity contribution >= 4 is 34.2 Å². The topological polar surface area (TPSA) is 12.9 Å². The molecular formula is C6H2ClF3IN. The molecule has 0 spiro atoms. The lowest BCUT2D eigenvalue weighted by atomic mass is 10.3. The third-order valence-corrected chi connectivity index (χ3v) is 2.28. The van der Waals surface area contributed by atoms with Gasteiger partial charge in [-0.05, 0) is 28.7 Å². The highest BCUT2D eigenvalue weighted by atomic mass is 127. The second kappa shape index (κ2) is 3.78. The van der Waals surface area contributed by atoms with Gasteiger partial charge in [0.15, 0.2) is 0 Å². The van der Waals surface area contributed by atoms with E-state index in [0.717, 1.165) is 6.07 Å². The van der Waals surface area contributed by atoms with Gasteiger partial charge in [-0.3, -0.25) is 0 Å². The van der Waals surface area contributed by atoms with Crippen molar-refractivity contribution in [2.45, 2.75) is 6.43 Å². The van der Waals surface area contributed by atoms with E-state index in [2.05, 4.69) is 4.98 Å². The third kappa shape index (κ3) is 2.01. The van der Waals surface area contributed by atoms with Gasteiger partial charge in [0.25, 0.3) is 6.43 Å². The molecule has 6 heteroatoms. The number of pyridine rings is 1. The summed E-state index contributed by atoms with van der Waals surface area (Å²) in [5.74, 6) is -0.925. The van der Waals surface area contributed by atoms with E-state index in [9.17, 15) is 13.2 Å². The molecule has 1 rings (SSSR count). The zero-order chi connectivity index (χ0) is 9.30. The molecule has 0 bridgehead atoms. The Morgan fingerprint density at radius 2 is 2.08 bits per heavy atom. The smallest absolute Gasteiger partial charge is 0.212 e. The van der Waals surface area contributed by atoms with Crippen molar-refractivity contribution in [2.24, 2.45) is 0 Å². The highest BCUT2D eigenvalue weighted by molar-refractivity contribution is 14.1. The van der Waals surface area contributed by atoms with Gasteiger partial charge in [-0.1, -0.05) is 11.6 Å². The van der Waals surface area contributed by atoms with Gasteiger partial charge in [0.05, 0.1) is 10.6 Å². The molecule has 0 N–H and O–H groups in total. The number of hydrogen-bond acceptors (Lipinski definition) is 1. The molecule has 0 aromatic carbocycles. The minimum atomic E-state index is -2.68. The van der Waals surface area contributed by atoms with E-state index in [1.807, 2.05) is 0 Å². The van der Waals surface area contributed by atoms with Crippen LogP contribution in [0, 0.1) is 9.65 Å². The van der Waals surface area contributed by atoms with Crippen molar-refractivity contribution in [3.05, 3.63) is 26.3 Å². The van der Waals surface area contributed by atoms with E-state index in [0.29, 0.717) is 0 Å². The van der Waals surface area contributed by atoms with Gasteiger partial charge < -0.3 is 0 Å². The van der Waals surface area contributed by atoms with Crippen LogP contribution in [0.25, 0.3) is 0 Å². The highest BCUT2D eigenvalue weighted by Gasteiger charge is 2.15. The molecule has 1 heterocycles. The number of alkyl halides is 2. The molecule has 0 saturated heterocycles. The number of rotatable bonds is 1. The maximum absolute atomic E-state index is 12.5. The summed E-state index contributed by atoms with van der Waals surface area (Å²) >= 11 is 6.78. The molecule has 0 aliphatic heterocycles. The van der Waals surface area contributed by atoms with Crippen LogP contribution in [0.2, 0.25) is 5.02 Å². The lowest BCUT2D eigenvalue weighted by Crippen LogP contribution is -1.96. The summed E-state index contributed by atoms with van der Waals surface area (Å²) in [6.45, 7) is 0. The van der Waals surface area contributed by atoms with Gasteiger partial charge in [-0.25, -0.2) is 13.8 Å². The summed E-state index contributed by atoms with van der Waals surface area (Å²) in [5, 5.41) is -0.384. The van der Waals surface area contributed by atoms with Crippen LogP contribution in [-0.4, -0.2) is 4.98 Å². The molecule has 0 unspecified atom stereocenters. The van der Waals surface area contributed by atoms with Crippen LogP contribution in [0.3, 0.4) is 0 Å². The van der Waals surface area contributed by atoms with Gasteiger partial charge in [0, 0.05) is 0 Å². The Labute approximate surface area is 85.1 Å². The van der Waals surface area contributed by atoms with Gasteiger partial charge in [-0.2, -0.15) is 4.39 Å². The lowest BCUT2D eigenvalue weighted by Gasteiger charge is -2.02. The first-order chi connectivity index (χ1) is 5.52. The van der Waals surface area contributed by atoms with Gasteiger partial charge in [-0.15, -0.1) is 0 Å². The average Bonchev–Trinajstić information content (AvgIpc) is 1.96. The third-order valence-electron chi connectivity index (χ3n) is 1.15. The van der Waals surface area contributed by atoms with Crippen LogP contribution in [0.5, 0.6) is 0 Å². The predicted molar refractivity (Wildman–Crippen MR) is 46.9 cm³/mol. The van der Waals surface area contributed by atoms with Crippen molar-refractivity contribution in [3.8, 4) is 0 Å². The second-order valence-corrected chi connectivity index (χ2v) is 3.37. The summed E-state index contributed by atoms with van der Waals surface area (Å²) in [6.07, 6.45) is -2.68. The number of aromatic nitrogens is 1. The second-order valence-electron chi connectivity index (χ2n) is 1.94. The first-order valence-electron chi connectivity index (χ1n) is 2.82. The van der Waals surface area contributed by atoms with Crippen molar-refractivity contribution in [3.63, 3.8) is 0 Å². The molecule has 12 heavy (non-hydrogen) atoms. The lowest BCUT2D eigenvalue weighted by molar-refractivity contribution is 0.149. The monoisotopic (exact) mass is 307 g/mol. The number of hydrogen-bond donors (Lipinski definition) is 0. The molecule has 66 valence electrons. The number of nitrogens with zero attached hydrogens (tertiary/aromatic N) is 1. The molecule has 1 nitrogen and oxygen atoms in total. The largest absolute Gasteiger partial charge is 0.266 e. The van der Waals surface area contributed by atoms with Gasteiger partial charge in [0.2, 0.25) is 5.95 Å². The zero-order valence-corrected chi connectivity index (χ0v) is 8.41. The molecular weight excluding hydrogens is 305 g/mol. The minimum absolute atomic E-state index is 0.0653. The molecule has 0 radical (unpaired) electrons. The molecule has 0 saturated carbocycles. The summed E-state index contributed by atoms with van der Waals surface area (Å²) in [6, 6.07) is 0.885. The Balaban J connectivity index is 3.23. The van der Waals surface area contributed by atoms with Crippen LogP contribution in [0.1, 0.15) is 12.0 Å². The van der Waals surface area contributed by atoms with E-state index in [-0.39, 0.29) is 14.3 Å². The Morgan fingerprint density at radius 3 is 2.58 bits per heavy atom. The summed E-state index contributed by atoms with van der Waals surface area (Å²) in [7, 11) is 0. The van der Waals surface area contributed by atoms with Crippen molar-refractivity contribution in [1.29, 1.82) is 0 Å². The quantitative estimate of drug-likeness (QED) is 0.572. The van der Waals surface area contributed by atoms with Gasteiger partial charge >= 0.3 is 0 Å². The molecule has 0 atom stereocenters. The zero-order valence-electron chi connectivity index (χ0n) is 5.49. The van der Waals surface area contributed by atoms with Crippen LogP contribution in [0.4, 0.5) is 13.2 Å².